The van der Waals surface area contributed by atoms with Crippen molar-refractivity contribution in [1.29, 1.82) is 5.26 Å². The van der Waals surface area contributed by atoms with Gasteiger partial charge in [0.05, 0.1) is 23.9 Å². The molecule has 0 saturated heterocycles. The summed E-state index contributed by atoms with van der Waals surface area (Å²) < 4.78 is 2.05. The highest BCUT2D eigenvalue weighted by molar-refractivity contribution is 7.17. The Bertz CT molecular complexity index is 1030. The molecule has 4 rings (SSSR count). The summed E-state index contributed by atoms with van der Waals surface area (Å²) in [5.41, 5.74) is 5.29. The van der Waals surface area contributed by atoms with Crippen molar-refractivity contribution in [2.75, 3.05) is 0 Å². The molecule has 0 saturated carbocycles. The number of aryl methyl sites for hydroxylation is 1. The lowest BCUT2D eigenvalue weighted by Gasteiger charge is -2.04. The third-order valence-electron chi connectivity index (χ3n) is 4.05. The monoisotopic (exact) mass is 329 g/mol. The van der Waals surface area contributed by atoms with Gasteiger partial charge in [0.25, 0.3) is 0 Å². The van der Waals surface area contributed by atoms with E-state index in [0.717, 1.165) is 21.9 Å². The second-order valence-electron chi connectivity index (χ2n) is 5.68. The fourth-order valence-corrected chi connectivity index (χ4v) is 3.77. The van der Waals surface area contributed by atoms with E-state index in [9.17, 15) is 5.26 Å². The summed E-state index contributed by atoms with van der Waals surface area (Å²) in [6, 6.07) is 21.0. The standard InChI is InChI=1S/C20H15N3S/c1-14-13-23-18(11-12-21)19(22-20(23)24-14)17-9-7-16(8-10-17)15-5-3-2-4-6-15/h2-10,13H,11H2,1H3. The van der Waals surface area contributed by atoms with Gasteiger partial charge in [-0.3, -0.25) is 4.40 Å². The molecule has 0 radical (unpaired) electrons. The average molecular weight is 329 g/mol. The van der Waals surface area contributed by atoms with Gasteiger partial charge in [-0.1, -0.05) is 54.6 Å². The van der Waals surface area contributed by atoms with Crippen LogP contribution >= 0.6 is 11.3 Å². The van der Waals surface area contributed by atoms with Gasteiger partial charge in [-0.15, -0.1) is 11.3 Å². The van der Waals surface area contributed by atoms with Crippen LogP contribution in [-0.4, -0.2) is 9.38 Å². The van der Waals surface area contributed by atoms with Gasteiger partial charge in [0, 0.05) is 16.6 Å². The molecule has 0 bridgehead atoms. The van der Waals surface area contributed by atoms with Gasteiger partial charge in [0.2, 0.25) is 0 Å². The first-order valence-electron chi connectivity index (χ1n) is 7.76. The molecule has 0 unspecified atom stereocenters. The molecule has 0 N–H and O–H groups in total. The molecule has 0 amide bonds. The molecule has 24 heavy (non-hydrogen) atoms. The van der Waals surface area contributed by atoms with Crippen LogP contribution in [0.25, 0.3) is 27.3 Å². The van der Waals surface area contributed by atoms with Crippen molar-refractivity contribution in [1.82, 2.24) is 9.38 Å². The minimum absolute atomic E-state index is 0.354. The van der Waals surface area contributed by atoms with E-state index >= 15 is 0 Å². The number of fused-ring (bicyclic) bond motifs is 1. The zero-order valence-electron chi connectivity index (χ0n) is 13.2. The Balaban J connectivity index is 1.79. The summed E-state index contributed by atoms with van der Waals surface area (Å²) >= 11 is 1.65. The molecule has 0 aliphatic rings. The number of nitriles is 1. The van der Waals surface area contributed by atoms with Crippen LogP contribution in [0.1, 0.15) is 10.6 Å². The molecule has 0 aliphatic heterocycles. The van der Waals surface area contributed by atoms with E-state index in [4.69, 9.17) is 4.98 Å². The van der Waals surface area contributed by atoms with Crippen LogP contribution in [0.15, 0.2) is 60.8 Å². The molecular weight excluding hydrogens is 314 g/mol. The third kappa shape index (κ3) is 2.49. The second-order valence-corrected chi connectivity index (χ2v) is 6.89. The summed E-state index contributed by atoms with van der Waals surface area (Å²) in [6.45, 7) is 2.06. The smallest absolute Gasteiger partial charge is 0.194 e. The van der Waals surface area contributed by atoms with Gasteiger partial charge in [0.15, 0.2) is 4.96 Å². The molecule has 4 aromatic rings. The Kier molecular flexibility index (Phi) is 3.64. The van der Waals surface area contributed by atoms with Crippen molar-refractivity contribution >= 4 is 16.3 Å². The normalized spacial score (nSPS) is 10.8. The molecule has 0 atom stereocenters. The maximum atomic E-state index is 9.18. The number of benzene rings is 2. The number of nitrogens with zero attached hydrogens (tertiary/aromatic N) is 3. The van der Waals surface area contributed by atoms with E-state index in [1.165, 1.54) is 16.0 Å². The lowest BCUT2D eigenvalue weighted by Crippen LogP contribution is -1.91. The van der Waals surface area contributed by atoms with Crippen molar-refractivity contribution < 1.29 is 0 Å². The van der Waals surface area contributed by atoms with Crippen LogP contribution in [0.2, 0.25) is 0 Å². The van der Waals surface area contributed by atoms with Crippen molar-refractivity contribution in [3.8, 4) is 28.5 Å². The molecule has 4 heteroatoms. The Morgan fingerprint density at radius 3 is 2.38 bits per heavy atom. The van der Waals surface area contributed by atoms with Crippen LogP contribution in [-0.2, 0) is 6.42 Å². The fourth-order valence-electron chi connectivity index (χ4n) is 2.93. The van der Waals surface area contributed by atoms with Crippen LogP contribution in [0.3, 0.4) is 0 Å². The first kappa shape index (κ1) is 14.7. The van der Waals surface area contributed by atoms with Gasteiger partial charge in [-0.2, -0.15) is 5.26 Å². The minimum atomic E-state index is 0.354. The lowest BCUT2D eigenvalue weighted by molar-refractivity contribution is 1.07. The Morgan fingerprint density at radius 2 is 1.67 bits per heavy atom. The van der Waals surface area contributed by atoms with Crippen molar-refractivity contribution in [3.63, 3.8) is 0 Å². The predicted molar refractivity (Wildman–Crippen MR) is 98.0 cm³/mol. The Hall–Kier alpha value is -2.90. The summed E-state index contributed by atoms with van der Waals surface area (Å²) in [5, 5.41) is 9.18. The topological polar surface area (TPSA) is 41.1 Å². The lowest BCUT2D eigenvalue weighted by atomic mass is 10.0. The van der Waals surface area contributed by atoms with E-state index < -0.39 is 0 Å². The Labute approximate surface area is 144 Å². The van der Waals surface area contributed by atoms with Gasteiger partial charge in [0.1, 0.15) is 0 Å². The molecule has 116 valence electrons. The fraction of sp³-hybridized carbons (Fsp3) is 0.100. The van der Waals surface area contributed by atoms with Crippen LogP contribution in [0.5, 0.6) is 0 Å². The third-order valence-corrected chi connectivity index (χ3v) is 4.95. The highest BCUT2D eigenvalue weighted by Crippen LogP contribution is 2.30. The van der Waals surface area contributed by atoms with Crippen molar-refractivity contribution in [2.45, 2.75) is 13.3 Å². The van der Waals surface area contributed by atoms with E-state index in [1.807, 2.05) is 22.6 Å². The predicted octanol–water partition coefficient (Wildman–Crippen LogP) is 5.10. The maximum Gasteiger partial charge on any atom is 0.194 e. The second kappa shape index (κ2) is 5.95. The first-order chi connectivity index (χ1) is 11.8. The summed E-state index contributed by atoms with van der Waals surface area (Å²) in [5.74, 6) is 0. The number of hydrogen-bond donors (Lipinski definition) is 0. The molecule has 0 aliphatic carbocycles. The van der Waals surface area contributed by atoms with Crippen LogP contribution in [0, 0.1) is 18.3 Å². The SMILES string of the molecule is Cc1cn2c(CC#N)c(-c3ccc(-c4ccccc4)cc3)nc2s1. The molecule has 0 fully saturated rings. The van der Waals surface area contributed by atoms with Crippen LogP contribution < -0.4 is 0 Å². The molecule has 0 spiro atoms. The van der Waals surface area contributed by atoms with E-state index in [-0.39, 0.29) is 0 Å². The van der Waals surface area contributed by atoms with E-state index in [1.54, 1.807) is 11.3 Å². The van der Waals surface area contributed by atoms with E-state index in [2.05, 4.69) is 55.6 Å². The quantitative estimate of drug-likeness (QED) is 0.524. The Morgan fingerprint density at radius 1 is 1.00 bits per heavy atom. The zero-order chi connectivity index (χ0) is 16.5. The highest BCUT2D eigenvalue weighted by Gasteiger charge is 2.15. The maximum absolute atomic E-state index is 9.18. The summed E-state index contributed by atoms with van der Waals surface area (Å²) in [6.07, 6.45) is 2.41. The summed E-state index contributed by atoms with van der Waals surface area (Å²) in [7, 11) is 0. The largest absolute Gasteiger partial charge is 0.293 e. The van der Waals surface area contributed by atoms with Gasteiger partial charge in [-0.25, -0.2) is 4.98 Å². The van der Waals surface area contributed by atoms with Crippen molar-refractivity contribution in [3.05, 3.63) is 71.4 Å². The zero-order valence-corrected chi connectivity index (χ0v) is 14.0. The number of hydrogen-bond acceptors (Lipinski definition) is 3. The molecule has 2 heterocycles. The average Bonchev–Trinajstić information content (AvgIpc) is 3.13. The van der Waals surface area contributed by atoms with E-state index in [0.29, 0.717) is 6.42 Å². The van der Waals surface area contributed by atoms with Gasteiger partial charge >= 0.3 is 0 Å². The number of aromatic nitrogens is 2. The number of rotatable bonds is 3. The minimum Gasteiger partial charge on any atom is -0.293 e. The van der Waals surface area contributed by atoms with Gasteiger partial charge in [-0.05, 0) is 18.1 Å². The van der Waals surface area contributed by atoms with Crippen molar-refractivity contribution in [2.24, 2.45) is 0 Å². The molecule has 2 aromatic heterocycles. The number of thiazole rings is 1. The first-order valence-corrected chi connectivity index (χ1v) is 8.58. The highest BCUT2D eigenvalue weighted by atomic mass is 32.1. The summed E-state index contributed by atoms with van der Waals surface area (Å²) in [4.78, 5) is 6.90. The molecule has 3 nitrogen and oxygen atoms in total. The number of imidazole rings is 1. The van der Waals surface area contributed by atoms with Crippen LogP contribution in [0.4, 0.5) is 0 Å². The molecular formula is C20H15N3S. The van der Waals surface area contributed by atoms with Gasteiger partial charge < -0.3 is 0 Å². The molecule has 2 aromatic carbocycles.